The Kier molecular flexibility index (Phi) is 4.13. The van der Waals surface area contributed by atoms with E-state index >= 15 is 0 Å². The van der Waals surface area contributed by atoms with E-state index in [0.717, 1.165) is 42.5 Å². The molecule has 22 heavy (non-hydrogen) atoms. The highest BCUT2D eigenvalue weighted by atomic mass is 16.4. The van der Waals surface area contributed by atoms with Crippen molar-refractivity contribution in [1.29, 1.82) is 0 Å². The molecule has 2 aromatic rings. The van der Waals surface area contributed by atoms with Crippen molar-refractivity contribution < 1.29 is 14.3 Å². The highest BCUT2D eigenvalue weighted by Crippen LogP contribution is 2.31. The standard InChI is InChI=1S/C17H20N2O3/c1-11-14(16-18-9-10-22-16)3-2-4-15(11)19-13-7-5-12(6-8-13)17(20)21/h2-4,9-10,12-13,19H,5-8H2,1H3,(H,20,21). The molecule has 1 aliphatic carbocycles. The van der Waals surface area contributed by atoms with E-state index in [1.807, 2.05) is 25.1 Å². The first-order valence-corrected chi connectivity index (χ1v) is 7.64. The summed E-state index contributed by atoms with van der Waals surface area (Å²) in [5.74, 6) is -0.228. The fourth-order valence-electron chi connectivity index (χ4n) is 3.08. The van der Waals surface area contributed by atoms with Crippen molar-refractivity contribution in [3.8, 4) is 11.5 Å². The van der Waals surface area contributed by atoms with Gasteiger partial charge in [0.2, 0.25) is 5.89 Å². The van der Waals surface area contributed by atoms with Gasteiger partial charge in [-0.15, -0.1) is 0 Å². The summed E-state index contributed by atoms with van der Waals surface area (Å²) in [4.78, 5) is 15.2. The molecule has 2 N–H and O–H groups in total. The lowest BCUT2D eigenvalue weighted by molar-refractivity contribution is -0.142. The fourth-order valence-corrected chi connectivity index (χ4v) is 3.08. The van der Waals surface area contributed by atoms with E-state index in [-0.39, 0.29) is 5.92 Å². The molecule has 0 unspecified atom stereocenters. The molecule has 0 radical (unpaired) electrons. The van der Waals surface area contributed by atoms with Gasteiger partial charge in [0.05, 0.1) is 12.1 Å². The molecule has 1 heterocycles. The van der Waals surface area contributed by atoms with Gasteiger partial charge in [-0.05, 0) is 50.3 Å². The molecule has 0 amide bonds. The average molecular weight is 300 g/mol. The molecule has 5 nitrogen and oxygen atoms in total. The number of hydrogen-bond donors (Lipinski definition) is 2. The molecule has 1 aliphatic rings. The van der Waals surface area contributed by atoms with Gasteiger partial charge in [0, 0.05) is 17.3 Å². The third-order valence-electron chi connectivity index (χ3n) is 4.43. The van der Waals surface area contributed by atoms with Crippen LogP contribution in [-0.4, -0.2) is 22.1 Å². The number of carbonyl (C=O) groups is 1. The van der Waals surface area contributed by atoms with Gasteiger partial charge in [-0.25, -0.2) is 4.98 Å². The second kappa shape index (κ2) is 6.22. The molecule has 0 spiro atoms. The number of nitrogens with zero attached hydrogens (tertiary/aromatic N) is 1. The normalized spacial score (nSPS) is 21.5. The molecule has 1 fully saturated rings. The average Bonchev–Trinajstić information content (AvgIpc) is 3.04. The van der Waals surface area contributed by atoms with Crippen LogP contribution in [0.25, 0.3) is 11.5 Å². The summed E-state index contributed by atoms with van der Waals surface area (Å²) in [5, 5.41) is 12.6. The van der Waals surface area contributed by atoms with Crippen molar-refractivity contribution in [2.45, 2.75) is 38.6 Å². The highest BCUT2D eigenvalue weighted by molar-refractivity contribution is 5.70. The Hall–Kier alpha value is -2.30. The van der Waals surface area contributed by atoms with Gasteiger partial charge >= 0.3 is 5.97 Å². The first-order chi connectivity index (χ1) is 10.6. The van der Waals surface area contributed by atoms with Crippen LogP contribution in [0.2, 0.25) is 0 Å². The largest absolute Gasteiger partial charge is 0.481 e. The van der Waals surface area contributed by atoms with E-state index in [1.165, 1.54) is 0 Å². The van der Waals surface area contributed by atoms with E-state index in [4.69, 9.17) is 9.52 Å². The Morgan fingerprint density at radius 1 is 1.32 bits per heavy atom. The van der Waals surface area contributed by atoms with E-state index < -0.39 is 5.97 Å². The van der Waals surface area contributed by atoms with Gasteiger partial charge in [-0.2, -0.15) is 0 Å². The van der Waals surface area contributed by atoms with Crippen LogP contribution in [0, 0.1) is 12.8 Å². The minimum Gasteiger partial charge on any atom is -0.481 e. The van der Waals surface area contributed by atoms with Gasteiger partial charge < -0.3 is 14.8 Å². The number of oxazole rings is 1. The van der Waals surface area contributed by atoms with Crippen molar-refractivity contribution >= 4 is 11.7 Å². The smallest absolute Gasteiger partial charge is 0.306 e. The predicted octanol–water partition coefficient (Wildman–Crippen LogP) is 3.71. The van der Waals surface area contributed by atoms with Crippen molar-refractivity contribution in [2.75, 3.05) is 5.32 Å². The van der Waals surface area contributed by atoms with Crippen LogP contribution in [-0.2, 0) is 4.79 Å². The second-order valence-electron chi connectivity index (χ2n) is 5.85. The van der Waals surface area contributed by atoms with Gasteiger partial charge in [0.15, 0.2) is 0 Å². The quantitative estimate of drug-likeness (QED) is 0.900. The van der Waals surface area contributed by atoms with E-state index in [1.54, 1.807) is 12.5 Å². The summed E-state index contributed by atoms with van der Waals surface area (Å²) in [6.07, 6.45) is 6.47. The third-order valence-corrected chi connectivity index (χ3v) is 4.43. The molecule has 5 heteroatoms. The molecule has 116 valence electrons. The van der Waals surface area contributed by atoms with Crippen LogP contribution in [0.4, 0.5) is 5.69 Å². The van der Waals surface area contributed by atoms with Crippen LogP contribution in [0.15, 0.2) is 35.1 Å². The molecular weight excluding hydrogens is 280 g/mol. The molecule has 0 atom stereocenters. The topological polar surface area (TPSA) is 75.4 Å². The Morgan fingerprint density at radius 2 is 2.09 bits per heavy atom. The van der Waals surface area contributed by atoms with Gasteiger partial charge in [-0.3, -0.25) is 4.79 Å². The summed E-state index contributed by atoms with van der Waals surface area (Å²) in [6, 6.07) is 6.35. The first kappa shape index (κ1) is 14.6. The van der Waals surface area contributed by atoms with Crippen molar-refractivity contribution in [2.24, 2.45) is 5.92 Å². The number of benzene rings is 1. The van der Waals surface area contributed by atoms with E-state index in [0.29, 0.717) is 11.9 Å². The number of carboxylic acids is 1. The second-order valence-corrected chi connectivity index (χ2v) is 5.85. The summed E-state index contributed by atoms with van der Waals surface area (Å²) in [7, 11) is 0. The SMILES string of the molecule is Cc1c(NC2CCC(C(=O)O)CC2)cccc1-c1ncco1. The molecule has 0 saturated heterocycles. The number of aliphatic carboxylic acids is 1. The summed E-state index contributed by atoms with van der Waals surface area (Å²) < 4.78 is 5.38. The number of aromatic nitrogens is 1. The molecule has 1 saturated carbocycles. The number of anilines is 1. The number of carboxylic acid groups (broad SMARTS) is 1. The molecule has 0 aliphatic heterocycles. The van der Waals surface area contributed by atoms with E-state index in [9.17, 15) is 4.79 Å². The molecule has 0 bridgehead atoms. The predicted molar refractivity (Wildman–Crippen MR) is 83.7 cm³/mol. The van der Waals surface area contributed by atoms with Crippen molar-refractivity contribution in [1.82, 2.24) is 4.98 Å². The zero-order valence-electron chi connectivity index (χ0n) is 12.6. The van der Waals surface area contributed by atoms with Crippen LogP contribution in [0.5, 0.6) is 0 Å². The fraction of sp³-hybridized carbons (Fsp3) is 0.412. The Bertz CT molecular complexity index is 644. The van der Waals surface area contributed by atoms with Gasteiger partial charge in [0.1, 0.15) is 6.26 Å². The zero-order chi connectivity index (χ0) is 15.5. The zero-order valence-corrected chi connectivity index (χ0v) is 12.6. The lowest BCUT2D eigenvalue weighted by Gasteiger charge is -2.28. The van der Waals surface area contributed by atoms with E-state index in [2.05, 4.69) is 10.3 Å². The summed E-state index contributed by atoms with van der Waals surface area (Å²) >= 11 is 0. The summed E-state index contributed by atoms with van der Waals surface area (Å²) in [5.41, 5.74) is 3.15. The first-order valence-electron chi connectivity index (χ1n) is 7.64. The molecular formula is C17H20N2O3. The maximum absolute atomic E-state index is 11.0. The third kappa shape index (κ3) is 2.98. The maximum atomic E-state index is 11.0. The van der Waals surface area contributed by atoms with Crippen LogP contribution in [0.1, 0.15) is 31.2 Å². The Labute approximate surface area is 129 Å². The molecule has 3 rings (SSSR count). The van der Waals surface area contributed by atoms with Crippen LogP contribution < -0.4 is 5.32 Å². The lowest BCUT2D eigenvalue weighted by atomic mass is 9.86. The maximum Gasteiger partial charge on any atom is 0.306 e. The van der Waals surface area contributed by atoms with Gasteiger partial charge in [-0.1, -0.05) is 6.07 Å². The summed E-state index contributed by atoms with van der Waals surface area (Å²) in [6.45, 7) is 2.05. The monoisotopic (exact) mass is 300 g/mol. The minimum atomic E-state index is -0.666. The Morgan fingerprint density at radius 3 is 2.73 bits per heavy atom. The minimum absolute atomic E-state index is 0.183. The highest BCUT2D eigenvalue weighted by Gasteiger charge is 2.26. The molecule has 1 aromatic carbocycles. The Balaban J connectivity index is 1.71. The van der Waals surface area contributed by atoms with Crippen molar-refractivity contribution in [3.63, 3.8) is 0 Å². The molecule has 1 aromatic heterocycles. The lowest BCUT2D eigenvalue weighted by Crippen LogP contribution is -2.29. The number of hydrogen-bond acceptors (Lipinski definition) is 4. The van der Waals surface area contributed by atoms with Crippen LogP contribution in [0.3, 0.4) is 0 Å². The van der Waals surface area contributed by atoms with Gasteiger partial charge in [0.25, 0.3) is 0 Å². The van der Waals surface area contributed by atoms with Crippen LogP contribution >= 0.6 is 0 Å². The number of nitrogens with one attached hydrogen (secondary N) is 1. The van der Waals surface area contributed by atoms with Crippen molar-refractivity contribution in [3.05, 3.63) is 36.2 Å². The number of rotatable bonds is 4.